The third kappa shape index (κ3) is 4.56. The Balaban J connectivity index is 1.59. The molecule has 0 saturated heterocycles. The molecule has 0 aliphatic carbocycles. The number of amides is 3. The number of carbonyl (C=O) groups excluding carboxylic acids is 4. The van der Waals surface area contributed by atoms with Crippen LogP contribution in [0.25, 0.3) is 0 Å². The van der Waals surface area contributed by atoms with E-state index in [1.807, 2.05) is 0 Å². The molecule has 0 aromatic heterocycles. The number of carbonyl (C=O) groups is 4. The first-order chi connectivity index (χ1) is 17.2. The normalized spacial score (nSPS) is 14.1. The van der Waals surface area contributed by atoms with Crippen LogP contribution in [0.5, 0.6) is 0 Å². The molecule has 3 amide bonds. The van der Waals surface area contributed by atoms with Crippen LogP contribution in [0.4, 0.5) is 11.4 Å². The average Bonchev–Trinajstić information content (AvgIpc) is 3.13. The van der Waals surface area contributed by atoms with Crippen LogP contribution >= 0.6 is 0 Å². The van der Waals surface area contributed by atoms with Gasteiger partial charge in [0.1, 0.15) is 11.7 Å². The number of imide groups is 1. The number of esters is 1. The Labute approximate surface area is 205 Å². The molecule has 182 valence electrons. The van der Waals surface area contributed by atoms with Crippen LogP contribution in [0, 0.1) is 17.0 Å². The Morgan fingerprint density at radius 2 is 1.53 bits per heavy atom. The van der Waals surface area contributed by atoms with Gasteiger partial charge in [-0.1, -0.05) is 48.5 Å². The van der Waals surface area contributed by atoms with E-state index in [0.29, 0.717) is 11.1 Å². The molecule has 0 radical (unpaired) electrons. The van der Waals surface area contributed by atoms with Gasteiger partial charge in [-0.3, -0.25) is 29.4 Å². The van der Waals surface area contributed by atoms with E-state index < -0.39 is 40.8 Å². The van der Waals surface area contributed by atoms with Gasteiger partial charge in [-0.15, -0.1) is 0 Å². The molecular weight excluding hydrogens is 466 g/mol. The van der Waals surface area contributed by atoms with Crippen LogP contribution in [0.15, 0.2) is 72.8 Å². The summed E-state index contributed by atoms with van der Waals surface area (Å²) in [6, 6.07) is 17.2. The van der Waals surface area contributed by atoms with E-state index in [1.54, 1.807) is 55.5 Å². The number of hydrogen-bond acceptors (Lipinski definition) is 7. The minimum absolute atomic E-state index is 0.0685. The van der Waals surface area contributed by atoms with Gasteiger partial charge in [0.2, 0.25) is 6.10 Å². The number of fused-ring (bicyclic) bond motifs is 1. The third-order valence-corrected chi connectivity index (χ3v) is 5.74. The van der Waals surface area contributed by atoms with Crippen LogP contribution in [0.1, 0.15) is 44.9 Å². The van der Waals surface area contributed by atoms with E-state index >= 15 is 0 Å². The zero-order chi connectivity index (χ0) is 26.0. The highest BCUT2D eigenvalue weighted by atomic mass is 16.6. The lowest BCUT2D eigenvalue weighted by molar-refractivity contribution is -0.384. The van der Waals surface area contributed by atoms with Crippen LogP contribution < -0.4 is 5.32 Å². The van der Waals surface area contributed by atoms with Gasteiger partial charge in [-0.25, -0.2) is 4.79 Å². The Kier molecular flexibility index (Phi) is 6.60. The van der Waals surface area contributed by atoms with Gasteiger partial charge in [0, 0.05) is 11.6 Å². The fourth-order valence-electron chi connectivity index (χ4n) is 3.88. The summed E-state index contributed by atoms with van der Waals surface area (Å²) in [5.74, 6) is -3.12. The Morgan fingerprint density at radius 1 is 0.944 bits per heavy atom. The molecule has 0 spiro atoms. The molecule has 36 heavy (non-hydrogen) atoms. The molecule has 3 aromatic carbocycles. The number of nitrogens with zero attached hydrogens (tertiary/aromatic N) is 2. The maximum Gasteiger partial charge on any atom is 0.330 e. The molecule has 3 aromatic rings. The minimum atomic E-state index is -1.50. The number of rotatable bonds is 7. The molecule has 1 heterocycles. The van der Waals surface area contributed by atoms with Crippen molar-refractivity contribution in [2.45, 2.75) is 26.0 Å². The molecule has 1 aliphatic rings. The summed E-state index contributed by atoms with van der Waals surface area (Å²) in [5.41, 5.74) is 0.882. The van der Waals surface area contributed by atoms with E-state index in [2.05, 4.69) is 5.32 Å². The number of hydrogen-bond donors (Lipinski definition) is 1. The summed E-state index contributed by atoms with van der Waals surface area (Å²) in [4.78, 5) is 63.4. The Morgan fingerprint density at radius 3 is 2.11 bits per heavy atom. The summed E-state index contributed by atoms with van der Waals surface area (Å²) in [6.07, 6.45) is -1.50. The minimum Gasteiger partial charge on any atom is -0.446 e. The van der Waals surface area contributed by atoms with Crippen molar-refractivity contribution in [3.63, 3.8) is 0 Å². The Hall–Kier alpha value is -4.86. The fraction of sp³-hybridized carbons (Fsp3) is 0.154. The quantitative estimate of drug-likeness (QED) is 0.232. The highest BCUT2D eigenvalue weighted by molar-refractivity contribution is 6.22. The molecule has 0 unspecified atom stereocenters. The van der Waals surface area contributed by atoms with Gasteiger partial charge < -0.3 is 10.1 Å². The van der Waals surface area contributed by atoms with Gasteiger partial charge in [0.25, 0.3) is 23.4 Å². The smallest absolute Gasteiger partial charge is 0.330 e. The first kappa shape index (κ1) is 24.3. The van der Waals surface area contributed by atoms with Gasteiger partial charge in [0.15, 0.2) is 0 Å². The van der Waals surface area contributed by atoms with E-state index in [1.165, 1.54) is 31.2 Å². The number of aryl methyl sites for hydroxylation is 1. The van der Waals surface area contributed by atoms with Crippen LogP contribution in [0.2, 0.25) is 0 Å². The SMILES string of the molecule is Cc1ccc(NC(=O)[C@@H](OC(=O)[C@H](C)N2C(=O)c3ccccc3C2=O)c2ccccc2)c([N+](=O)[O-])c1. The van der Waals surface area contributed by atoms with E-state index in [4.69, 9.17) is 4.74 Å². The number of nitro groups is 1. The van der Waals surface area contributed by atoms with E-state index in [-0.39, 0.29) is 22.5 Å². The second kappa shape index (κ2) is 9.79. The van der Waals surface area contributed by atoms with Crippen molar-refractivity contribution < 1.29 is 28.8 Å². The molecule has 2 atom stereocenters. The zero-order valence-corrected chi connectivity index (χ0v) is 19.3. The number of nitrogens with one attached hydrogen (secondary N) is 1. The largest absolute Gasteiger partial charge is 0.446 e. The number of nitro benzene ring substituents is 1. The Bertz CT molecular complexity index is 1350. The van der Waals surface area contributed by atoms with E-state index in [0.717, 1.165) is 4.90 Å². The monoisotopic (exact) mass is 487 g/mol. The van der Waals surface area contributed by atoms with Crippen LogP contribution in [-0.2, 0) is 14.3 Å². The summed E-state index contributed by atoms with van der Waals surface area (Å²) >= 11 is 0. The van der Waals surface area contributed by atoms with Crippen LogP contribution in [0.3, 0.4) is 0 Å². The van der Waals surface area contributed by atoms with Crippen molar-refractivity contribution >= 4 is 35.1 Å². The number of benzene rings is 3. The van der Waals surface area contributed by atoms with E-state index in [9.17, 15) is 29.3 Å². The van der Waals surface area contributed by atoms with Crippen molar-refractivity contribution in [3.05, 3.63) is 105 Å². The first-order valence-corrected chi connectivity index (χ1v) is 11.0. The molecule has 0 bridgehead atoms. The molecule has 1 N–H and O–H groups in total. The zero-order valence-electron chi connectivity index (χ0n) is 19.3. The molecule has 0 fully saturated rings. The molecule has 0 saturated carbocycles. The molecule has 10 heteroatoms. The molecule has 4 rings (SSSR count). The summed E-state index contributed by atoms with van der Waals surface area (Å²) in [6.45, 7) is 3.00. The number of anilines is 1. The third-order valence-electron chi connectivity index (χ3n) is 5.74. The second-order valence-corrected chi connectivity index (χ2v) is 8.20. The summed E-state index contributed by atoms with van der Waals surface area (Å²) < 4.78 is 5.50. The average molecular weight is 487 g/mol. The topological polar surface area (TPSA) is 136 Å². The van der Waals surface area contributed by atoms with Crippen molar-refractivity contribution in [3.8, 4) is 0 Å². The maximum absolute atomic E-state index is 13.2. The second-order valence-electron chi connectivity index (χ2n) is 8.20. The molecular formula is C26H21N3O7. The van der Waals surface area contributed by atoms with Crippen molar-refractivity contribution in [1.82, 2.24) is 4.90 Å². The van der Waals surface area contributed by atoms with Crippen LogP contribution in [-0.4, -0.2) is 39.6 Å². The highest BCUT2D eigenvalue weighted by Gasteiger charge is 2.42. The summed E-state index contributed by atoms with van der Waals surface area (Å²) in [7, 11) is 0. The van der Waals surface area contributed by atoms with Crippen molar-refractivity contribution in [2.75, 3.05) is 5.32 Å². The lowest BCUT2D eigenvalue weighted by Crippen LogP contribution is -2.44. The lowest BCUT2D eigenvalue weighted by Gasteiger charge is -2.24. The maximum atomic E-state index is 13.2. The standard InChI is InChI=1S/C26H21N3O7/c1-15-12-13-20(21(14-15)29(34)35)27-23(30)22(17-8-4-3-5-9-17)36-26(33)16(2)28-24(31)18-10-6-7-11-19(18)25(28)32/h3-14,16,22H,1-2H3,(H,27,30)/t16-,22-/m0/s1. The highest BCUT2D eigenvalue weighted by Crippen LogP contribution is 2.29. The van der Waals surface area contributed by atoms with Gasteiger partial charge in [-0.05, 0) is 37.6 Å². The first-order valence-electron chi connectivity index (χ1n) is 11.0. The fourth-order valence-corrected chi connectivity index (χ4v) is 3.88. The predicted octanol–water partition coefficient (Wildman–Crippen LogP) is 3.81. The van der Waals surface area contributed by atoms with Crippen molar-refractivity contribution in [1.29, 1.82) is 0 Å². The van der Waals surface area contributed by atoms with Gasteiger partial charge in [0.05, 0.1) is 16.1 Å². The summed E-state index contributed by atoms with van der Waals surface area (Å²) in [5, 5.41) is 13.9. The van der Waals surface area contributed by atoms with Gasteiger partial charge in [-0.2, -0.15) is 0 Å². The molecule has 1 aliphatic heterocycles. The molecule has 10 nitrogen and oxygen atoms in total. The lowest BCUT2D eigenvalue weighted by atomic mass is 10.1. The number of ether oxygens (including phenoxy) is 1. The van der Waals surface area contributed by atoms with Gasteiger partial charge >= 0.3 is 5.97 Å². The van der Waals surface area contributed by atoms with Crippen molar-refractivity contribution in [2.24, 2.45) is 0 Å². The predicted molar refractivity (Wildman–Crippen MR) is 128 cm³/mol.